The molecule has 100 valence electrons. The van der Waals surface area contributed by atoms with Crippen LogP contribution in [-0.4, -0.2) is 7.11 Å². The number of nitrogens with one attached hydrogen (secondary N) is 1. The van der Waals surface area contributed by atoms with Gasteiger partial charge in [0.2, 0.25) is 0 Å². The van der Waals surface area contributed by atoms with Crippen molar-refractivity contribution in [2.24, 2.45) is 0 Å². The van der Waals surface area contributed by atoms with Crippen molar-refractivity contribution in [1.82, 2.24) is 0 Å². The van der Waals surface area contributed by atoms with Gasteiger partial charge in [-0.15, -0.1) is 0 Å². The molecule has 0 radical (unpaired) electrons. The third kappa shape index (κ3) is 3.52. The van der Waals surface area contributed by atoms with E-state index in [0.717, 1.165) is 5.69 Å². The second-order valence-corrected chi connectivity index (χ2v) is 4.75. The molecule has 0 aromatic heterocycles. The molecule has 0 bridgehead atoms. The Morgan fingerprint density at radius 3 is 2.58 bits per heavy atom. The summed E-state index contributed by atoms with van der Waals surface area (Å²) in [5.74, 6) is 0.270. The Morgan fingerprint density at radius 2 is 1.84 bits per heavy atom. The summed E-state index contributed by atoms with van der Waals surface area (Å²) in [5, 5.41) is 4.20. The Morgan fingerprint density at radius 1 is 1.11 bits per heavy atom. The summed E-state index contributed by atoms with van der Waals surface area (Å²) in [6.45, 7) is 0.418. The minimum Gasteiger partial charge on any atom is -0.495 e. The lowest BCUT2D eigenvalue weighted by Crippen LogP contribution is -2.01. The van der Waals surface area contributed by atoms with E-state index in [1.165, 1.54) is 18.2 Å². The van der Waals surface area contributed by atoms with Crippen molar-refractivity contribution in [2.75, 3.05) is 12.4 Å². The van der Waals surface area contributed by atoms with E-state index in [1.54, 1.807) is 19.2 Å². The number of rotatable bonds is 4. The van der Waals surface area contributed by atoms with Gasteiger partial charge in [-0.2, -0.15) is 0 Å². The SMILES string of the molecule is COc1cc(NCc2cc(F)ccc2Cl)ccc1Cl. The fraction of sp³-hybridized carbons (Fsp3) is 0.143. The summed E-state index contributed by atoms with van der Waals surface area (Å²) < 4.78 is 18.2. The molecule has 0 aliphatic carbocycles. The normalized spacial score (nSPS) is 10.3. The van der Waals surface area contributed by atoms with E-state index in [4.69, 9.17) is 27.9 Å². The molecule has 0 aliphatic heterocycles. The summed E-state index contributed by atoms with van der Waals surface area (Å²) in [6, 6.07) is 9.60. The minimum atomic E-state index is -0.310. The van der Waals surface area contributed by atoms with Gasteiger partial charge in [0.05, 0.1) is 12.1 Å². The molecule has 0 heterocycles. The molecule has 0 aliphatic rings. The molecule has 5 heteroatoms. The van der Waals surface area contributed by atoms with Crippen LogP contribution in [0.4, 0.5) is 10.1 Å². The molecule has 2 aromatic rings. The van der Waals surface area contributed by atoms with E-state index >= 15 is 0 Å². The van der Waals surface area contributed by atoms with Crippen molar-refractivity contribution in [2.45, 2.75) is 6.54 Å². The second-order valence-electron chi connectivity index (χ2n) is 3.94. The predicted molar refractivity (Wildman–Crippen MR) is 76.7 cm³/mol. The maximum atomic E-state index is 13.1. The van der Waals surface area contributed by atoms with Gasteiger partial charge in [-0.3, -0.25) is 0 Å². The van der Waals surface area contributed by atoms with Crippen molar-refractivity contribution >= 4 is 28.9 Å². The number of hydrogen-bond donors (Lipinski definition) is 1. The topological polar surface area (TPSA) is 21.3 Å². The lowest BCUT2D eigenvalue weighted by atomic mass is 10.2. The highest BCUT2D eigenvalue weighted by atomic mass is 35.5. The van der Waals surface area contributed by atoms with Gasteiger partial charge >= 0.3 is 0 Å². The Kier molecular flexibility index (Phi) is 4.51. The Bertz CT molecular complexity index is 590. The standard InChI is InChI=1S/C14H12Cl2FNO/c1-19-14-7-11(3-5-13(14)16)18-8-9-6-10(17)2-4-12(9)15/h2-7,18H,8H2,1H3. The van der Waals surface area contributed by atoms with E-state index in [0.29, 0.717) is 27.9 Å². The highest BCUT2D eigenvalue weighted by Crippen LogP contribution is 2.28. The highest BCUT2D eigenvalue weighted by Gasteiger charge is 2.04. The third-order valence-electron chi connectivity index (χ3n) is 2.64. The van der Waals surface area contributed by atoms with Gasteiger partial charge in [-0.05, 0) is 35.9 Å². The fourth-order valence-corrected chi connectivity index (χ4v) is 2.02. The zero-order valence-corrected chi connectivity index (χ0v) is 11.7. The van der Waals surface area contributed by atoms with E-state index in [-0.39, 0.29) is 5.82 Å². The van der Waals surface area contributed by atoms with Crippen molar-refractivity contribution in [1.29, 1.82) is 0 Å². The monoisotopic (exact) mass is 299 g/mol. The lowest BCUT2D eigenvalue weighted by Gasteiger charge is -2.10. The first-order valence-corrected chi connectivity index (χ1v) is 6.37. The summed E-state index contributed by atoms with van der Waals surface area (Å²) in [7, 11) is 1.55. The zero-order valence-electron chi connectivity index (χ0n) is 10.2. The van der Waals surface area contributed by atoms with Crippen LogP contribution in [0.15, 0.2) is 36.4 Å². The average Bonchev–Trinajstić information content (AvgIpc) is 2.41. The van der Waals surface area contributed by atoms with Crippen molar-refractivity contribution in [3.63, 3.8) is 0 Å². The smallest absolute Gasteiger partial charge is 0.139 e. The minimum absolute atomic E-state index is 0.310. The first-order valence-electron chi connectivity index (χ1n) is 5.61. The van der Waals surface area contributed by atoms with E-state index < -0.39 is 0 Å². The molecule has 2 nitrogen and oxygen atoms in total. The molecule has 1 N–H and O–H groups in total. The van der Waals surface area contributed by atoms with Crippen molar-refractivity contribution in [3.05, 3.63) is 57.8 Å². The molecule has 2 rings (SSSR count). The molecule has 0 saturated heterocycles. The van der Waals surface area contributed by atoms with Crippen molar-refractivity contribution < 1.29 is 9.13 Å². The molecule has 0 amide bonds. The first kappa shape index (κ1) is 14.0. The van der Waals surface area contributed by atoms with Crippen LogP contribution in [0.1, 0.15) is 5.56 Å². The summed E-state index contributed by atoms with van der Waals surface area (Å²) in [4.78, 5) is 0. The van der Waals surface area contributed by atoms with Gasteiger partial charge in [0.15, 0.2) is 0 Å². The molecule has 19 heavy (non-hydrogen) atoms. The number of hydrogen-bond acceptors (Lipinski definition) is 2. The fourth-order valence-electron chi connectivity index (χ4n) is 1.65. The zero-order chi connectivity index (χ0) is 13.8. The number of halogens is 3. The van der Waals surface area contributed by atoms with Gasteiger partial charge in [-0.1, -0.05) is 23.2 Å². The second kappa shape index (κ2) is 6.13. The van der Waals surface area contributed by atoms with Crippen LogP contribution in [0, 0.1) is 5.82 Å². The van der Waals surface area contributed by atoms with Gasteiger partial charge in [0, 0.05) is 23.3 Å². The summed E-state index contributed by atoms with van der Waals surface area (Å²) in [5.41, 5.74) is 1.51. The lowest BCUT2D eigenvalue weighted by molar-refractivity contribution is 0.415. The summed E-state index contributed by atoms with van der Waals surface area (Å²) in [6.07, 6.45) is 0. The van der Waals surface area contributed by atoms with Gasteiger partial charge in [-0.25, -0.2) is 4.39 Å². The predicted octanol–water partition coefficient (Wildman–Crippen LogP) is 4.75. The van der Waals surface area contributed by atoms with Crippen LogP contribution in [0.25, 0.3) is 0 Å². The first-order chi connectivity index (χ1) is 9.10. The van der Waals surface area contributed by atoms with Crippen molar-refractivity contribution in [3.8, 4) is 5.75 Å². The maximum absolute atomic E-state index is 13.1. The van der Waals surface area contributed by atoms with Crippen LogP contribution in [0.2, 0.25) is 10.0 Å². The van der Waals surface area contributed by atoms with Crippen LogP contribution in [0.3, 0.4) is 0 Å². The Hall–Kier alpha value is -1.45. The van der Waals surface area contributed by atoms with Crippen LogP contribution < -0.4 is 10.1 Å². The number of methoxy groups -OCH3 is 1. The molecule has 0 fully saturated rings. The molecule has 0 unspecified atom stereocenters. The number of ether oxygens (including phenoxy) is 1. The average molecular weight is 300 g/mol. The molecular weight excluding hydrogens is 288 g/mol. The number of benzene rings is 2. The maximum Gasteiger partial charge on any atom is 0.139 e. The van der Waals surface area contributed by atoms with E-state index in [2.05, 4.69) is 5.32 Å². The van der Waals surface area contributed by atoms with E-state index in [1.807, 2.05) is 6.07 Å². The third-order valence-corrected chi connectivity index (χ3v) is 3.32. The highest BCUT2D eigenvalue weighted by molar-refractivity contribution is 6.32. The van der Waals surface area contributed by atoms with Crippen LogP contribution in [-0.2, 0) is 6.54 Å². The molecule has 0 saturated carbocycles. The van der Waals surface area contributed by atoms with Crippen LogP contribution in [0.5, 0.6) is 5.75 Å². The largest absolute Gasteiger partial charge is 0.495 e. The number of anilines is 1. The molecule has 0 atom stereocenters. The van der Waals surface area contributed by atoms with E-state index in [9.17, 15) is 4.39 Å². The van der Waals surface area contributed by atoms with Gasteiger partial charge < -0.3 is 10.1 Å². The van der Waals surface area contributed by atoms with Gasteiger partial charge in [0.1, 0.15) is 11.6 Å². The Balaban J connectivity index is 2.12. The summed E-state index contributed by atoms with van der Waals surface area (Å²) >= 11 is 11.9. The van der Waals surface area contributed by atoms with Gasteiger partial charge in [0.25, 0.3) is 0 Å². The Labute approximate surface area is 121 Å². The molecule has 0 spiro atoms. The molecular formula is C14H12Cl2FNO. The quantitative estimate of drug-likeness (QED) is 0.879. The van der Waals surface area contributed by atoms with Crippen LogP contribution >= 0.6 is 23.2 Å². The molecule has 2 aromatic carbocycles.